The van der Waals surface area contributed by atoms with Gasteiger partial charge in [-0.2, -0.15) is 9.57 Å². The number of rotatable bonds is 5. The number of aryl methyl sites for hydroxylation is 1. The molecule has 0 saturated carbocycles. The van der Waals surface area contributed by atoms with E-state index < -0.39 is 10.0 Å². The quantitative estimate of drug-likeness (QED) is 0.833. The molecule has 0 spiro atoms. The second kappa shape index (κ2) is 6.04. The molecule has 5 nitrogen and oxygen atoms in total. The summed E-state index contributed by atoms with van der Waals surface area (Å²) < 4.78 is 26.2. The average Bonchev–Trinajstić information content (AvgIpc) is 2.38. The molecule has 0 aliphatic carbocycles. The molecule has 104 valence electrons. The van der Waals surface area contributed by atoms with Crippen LogP contribution in [0.2, 0.25) is 0 Å². The van der Waals surface area contributed by atoms with E-state index in [0.29, 0.717) is 12.2 Å². The van der Waals surface area contributed by atoms with Gasteiger partial charge in [0.15, 0.2) is 0 Å². The number of nitrogens with two attached hydrogens (primary N) is 1. The zero-order chi connectivity index (χ0) is 14.6. The van der Waals surface area contributed by atoms with E-state index in [1.807, 2.05) is 6.07 Å². The van der Waals surface area contributed by atoms with E-state index >= 15 is 0 Å². The Bertz CT molecular complexity index is 590. The van der Waals surface area contributed by atoms with E-state index in [9.17, 15) is 8.42 Å². The molecule has 0 aliphatic heterocycles. The Balaban J connectivity index is 3.14. The van der Waals surface area contributed by atoms with Gasteiger partial charge in [-0.1, -0.05) is 6.92 Å². The predicted octanol–water partition coefficient (Wildman–Crippen LogP) is 1.75. The first-order chi connectivity index (χ1) is 8.82. The molecule has 0 amide bonds. The van der Waals surface area contributed by atoms with Gasteiger partial charge in [0.25, 0.3) is 0 Å². The summed E-state index contributed by atoms with van der Waals surface area (Å²) in [6, 6.07) is 6.69. The van der Waals surface area contributed by atoms with Gasteiger partial charge in [-0.25, -0.2) is 8.42 Å². The third-order valence-electron chi connectivity index (χ3n) is 2.93. The Labute approximate surface area is 114 Å². The smallest absolute Gasteiger partial charge is 0.243 e. The van der Waals surface area contributed by atoms with Gasteiger partial charge >= 0.3 is 0 Å². The van der Waals surface area contributed by atoms with Gasteiger partial charge in [-0.3, -0.25) is 0 Å². The monoisotopic (exact) mass is 281 g/mol. The molecule has 0 fully saturated rings. The SMILES string of the molecule is CCN(CC(C)C#N)S(=O)(=O)c1ccc(N)c(C)c1. The molecule has 1 unspecified atom stereocenters. The van der Waals surface area contributed by atoms with Crippen LogP contribution in [0.4, 0.5) is 5.69 Å². The number of benzene rings is 1. The Morgan fingerprint density at radius 2 is 2.11 bits per heavy atom. The summed E-state index contributed by atoms with van der Waals surface area (Å²) in [5.41, 5.74) is 6.98. The van der Waals surface area contributed by atoms with Crippen molar-refractivity contribution >= 4 is 15.7 Å². The van der Waals surface area contributed by atoms with Gasteiger partial charge in [0, 0.05) is 18.8 Å². The topological polar surface area (TPSA) is 87.2 Å². The lowest BCUT2D eigenvalue weighted by Crippen LogP contribution is -2.34. The minimum Gasteiger partial charge on any atom is -0.399 e. The molecule has 0 aliphatic rings. The van der Waals surface area contributed by atoms with Crippen LogP contribution >= 0.6 is 0 Å². The van der Waals surface area contributed by atoms with Gasteiger partial charge in [-0.15, -0.1) is 0 Å². The van der Waals surface area contributed by atoms with Gasteiger partial charge in [-0.05, 0) is 37.6 Å². The van der Waals surface area contributed by atoms with Crippen LogP contribution in [-0.4, -0.2) is 25.8 Å². The fraction of sp³-hybridized carbons (Fsp3) is 0.462. The van der Waals surface area contributed by atoms with E-state index in [-0.39, 0.29) is 17.4 Å². The largest absolute Gasteiger partial charge is 0.399 e. The van der Waals surface area contributed by atoms with Crippen molar-refractivity contribution in [3.05, 3.63) is 23.8 Å². The van der Waals surface area contributed by atoms with Crippen LogP contribution in [0.5, 0.6) is 0 Å². The summed E-state index contributed by atoms with van der Waals surface area (Å²) in [7, 11) is -3.57. The van der Waals surface area contributed by atoms with E-state index in [1.54, 1.807) is 32.9 Å². The highest BCUT2D eigenvalue weighted by Crippen LogP contribution is 2.21. The van der Waals surface area contributed by atoms with E-state index in [2.05, 4.69) is 0 Å². The Morgan fingerprint density at radius 3 is 2.58 bits per heavy atom. The van der Waals surface area contributed by atoms with Crippen molar-refractivity contribution in [2.45, 2.75) is 25.7 Å². The van der Waals surface area contributed by atoms with E-state index in [0.717, 1.165) is 5.56 Å². The third kappa shape index (κ3) is 3.46. The van der Waals surface area contributed by atoms with Gasteiger partial charge in [0.1, 0.15) is 0 Å². The number of anilines is 1. The summed E-state index contributed by atoms with van der Waals surface area (Å²) in [5.74, 6) is -0.343. The number of nitriles is 1. The molecule has 1 rings (SSSR count). The summed E-state index contributed by atoms with van der Waals surface area (Å²) in [6.07, 6.45) is 0. The van der Waals surface area contributed by atoms with Crippen molar-refractivity contribution < 1.29 is 8.42 Å². The molecular formula is C13H19N3O2S. The summed E-state index contributed by atoms with van der Waals surface area (Å²) in [6.45, 7) is 5.75. The lowest BCUT2D eigenvalue weighted by molar-refractivity contribution is 0.400. The van der Waals surface area contributed by atoms with Crippen molar-refractivity contribution in [3.8, 4) is 6.07 Å². The van der Waals surface area contributed by atoms with Crippen LogP contribution in [0, 0.1) is 24.2 Å². The van der Waals surface area contributed by atoms with Crippen molar-refractivity contribution in [1.29, 1.82) is 5.26 Å². The van der Waals surface area contributed by atoms with E-state index in [4.69, 9.17) is 11.0 Å². The molecule has 6 heteroatoms. The highest BCUT2D eigenvalue weighted by Gasteiger charge is 2.24. The molecule has 1 aromatic rings. The Kier molecular flexibility index (Phi) is 4.92. The highest BCUT2D eigenvalue weighted by atomic mass is 32.2. The van der Waals surface area contributed by atoms with Crippen LogP contribution < -0.4 is 5.73 Å². The molecule has 0 saturated heterocycles. The molecule has 2 N–H and O–H groups in total. The van der Waals surface area contributed by atoms with Crippen LogP contribution in [0.1, 0.15) is 19.4 Å². The van der Waals surface area contributed by atoms with Gasteiger partial charge in [0.2, 0.25) is 10.0 Å². The molecule has 19 heavy (non-hydrogen) atoms. The van der Waals surface area contributed by atoms with Crippen molar-refractivity contribution in [2.75, 3.05) is 18.8 Å². The summed E-state index contributed by atoms with van der Waals surface area (Å²) in [5, 5.41) is 8.81. The molecular weight excluding hydrogens is 262 g/mol. The molecule has 0 aromatic heterocycles. The normalized spacial score (nSPS) is 13.2. The fourth-order valence-electron chi connectivity index (χ4n) is 1.70. The van der Waals surface area contributed by atoms with Crippen molar-refractivity contribution in [3.63, 3.8) is 0 Å². The number of hydrogen-bond acceptors (Lipinski definition) is 4. The average molecular weight is 281 g/mol. The number of hydrogen-bond donors (Lipinski definition) is 1. The fourth-order valence-corrected chi connectivity index (χ4v) is 3.32. The lowest BCUT2D eigenvalue weighted by atomic mass is 10.2. The second-order valence-electron chi connectivity index (χ2n) is 4.50. The summed E-state index contributed by atoms with van der Waals surface area (Å²) in [4.78, 5) is 0.214. The van der Waals surface area contributed by atoms with E-state index in [1.165, 1.54) is 10.4 Å². The van der Waals surface area contributed by atoms with Crippen LogP contribution in [-0.2, 0) is 10.0 Å². The minimum atomic E-state index is -3.57. The second-order valence-corrected chi connectivity index (χ2v) is 6.44. The predicted molar refractivity (Wildman–Crippen MR) is 74.8 cm³/mol. The number of nitrogen functional groups attached to an aromatic ring is 1. The first-order valence-electron chi connectivity index (χ1n) is 6.08. The first-order valence-corrected chi connectivity index (χ1v) is 7.52. The zero-order valence-corrected chi connectivity index (χ0v) is 12.2. The van der Waals surface area contributed by atoms with Crippen LogP contribution in [0.15, 0.2) is 23.1 Å². The molecule has 0 heterocycles. The maximum atomic E-state index is 12.5. The maximum absolute atomic E-state index is 12.5. The van der Waals surface area contributed by atoms with Crippen LogP contribution in [0.25, 0.3) is 0 Å². The zero-order valence-electron chi connectivity index (χ0n) is 11.4. The Hall–Kier alpha value is -1.58. The first kappa shape index (κ1) is 15.5. The van der Waals surface area contributed by atoms with Gasteiger partial charge in [0.05, 0.1) is 16.9 Å². The maximum Gasteiger partial charge on any atom is 0.243 e. The molecule has 1 aromatic carbocycles. The standard InChI is InChI=1S/C13H19N3O2S/c1-4-16(9-10(2)8-14)19(17,18)12-5-6-13(15)11(3)7-12/h5-7,10H,4,9,15H2,1-3H3. The van der Waals surface area contributed by atoms with Crippen LogP contribution in [0.3, 0.4) is 0 Å². The number of nitrogens with zero attached hydrogens (tertiary/aromatic N) is 2. The minimum absolute atomic E-state index is 0.193. The third-order valence-corrected chi connectivity index (χ3v) is 4.87. The molecule has 0 bridgehead atoms. The van der Waals surface area contributed by atoms with Crippen molar-refractivity contribution in [2.24, 2.45) is 5.92 Å². The Morgan fingerprint density at radius 1 is 1.47 bits per heavy atom. The van der Waals surface area contributed by atoms with Gasteiger partial charge < -0.3 is 5.73 Å². The molecule has 1 atom stereocenters. The highest BCUT2D eigenvalue weighted by molar-refractivity contribution is 7.89. The summed E-state index contributed by atoms with van der Waals surface area (Å²) >= 11 is 0. The van der Waals surface area contributed by atoms with Crippen molar-refractivity contribution in [1.82, 2.24) is 4.31 Å². The molecule has 0 radical (unpaired) electrons. The lowest BCUT2D eigenvalue weighted by Gasteiger charge is -2.21. The number of sulfonamides is 1.